The smallest absolute Gasteiger partial charge is 0.270 e. The van der Waals surface area contributed by atoms with Crippen LogP contribution < -0.4 is 4.90 Å². The van der Waals surface area contributed by atoms with Crippen LogP contribution in [0.3, 0.4) is 0 Å². The fraction of sp³-hybridized carbons (Fsp3) is 0.278. The van der Waals surface area contributed by atoms with Crippen molar-refractivity contribution in [1.82, 2.24) is 9.88 Å². The van der Waals surface area contributed by atoms with E-state index in [-0.39, 0.29) is 11.9 Å². The number of rotatable bonds is 4. The van der Waals surface area contributed by atoms with E-state index in [2.05, 4.69) is 30.4 Å². The van der Waals surface area contributed by atoms with Crippen molar-refractivity contribution in [3.8, 4) is 0 Å². The van der Waals surface area contributed by atoms with Crippen LogP contribution in [-0.4, -0.2) is 34.7 Å². The number of carbonyl (C=O) groups is 1. The van der Waals surface area contributed by atoms with Gasteiger partial charge in [0, 0.05) is 13.1 Å². The van der Waals surface area contributed by atoms with Crippen LogP contribution >= 0.6 is 11.3 Å². The highest BCUT2D eigenvalue weighted by atomic mass is 32.1. The Labute approximate surface area is 146 Å². The Balaban J connectivity index is 1.94. The maximum absolute atomic E-state index is 12.5. The molecule has 2 aromatic heterocycles. The van der Waals surface area contributed by atoms with Crippen LogP contribution in [0.15, 0.2) is 47.4 Å². The average Bonchev–Trinajstić information content (AvgIpc) is 3.15. The number of aromatic nitrogens is 1. The third-order valence-electron chi connectivity index (χ3n) is 3.96. The summed E-state index contributed by atoms with van der Waals surface area (Å²) in [6.07, 6.45) is 1.75. The summed E-state index contributed by atoms with van der Waals surface area (Å²) in [6, 6.07) is 7.88. The van der Waals surface area contributed by atoms with Crippen molar-refractivity contribution in [2.45, 2.75) is 26.4 Å². The van der Waals surface area contributed by atoms with E-state index in [0.717, 1.165) is 22.0 Å². The highest BCUT2D eigenvalue weighted by molar-refractivity contribution is 7.12. The molecule has 24 heavy (non-hydrogen) atoms. The van der Waals surface area contributed by atoms with Gasteiger partial charge in [0.2, 0.25) is 0 Å². The van der Waals surface area contributed by atoms with Gasteiger partial charge in [-0.25, -0.2) is 4.98 Å². The Bertz CT molecular complexity index is 809. The molecule has 1 amide bonds. The number of carbonyl (C=O) groups excluding carboxylic acids is 1. The first-order chi connectivity index (χ1) is 11.6. The predicted molar refractivity (Wildman–Crippen MR) is 98.7 cm³/mol. The van der Waals surface area contributed by atoms with Crippen molar-refractivity contribution >= 4 is 28.9 Å². The molecule has 0 N–H and O–H groups in total. The first kappa shape index (κ1) is 16.4. The lowest BCUT2D eigenvalue weighted by Gasteiger charge is -2.26. The van der Waals surface area contributed by atoms with Crippen LogP contribution in [0, 0.1) is 0 Å². The van der Waals surface area contributed by atoms with Gasteiger partial charge in [-0.3, -0.25) is 14.7 Å². The van der Waals surface area contributed by atoms with Gasteiger partial charge in [-0.1, -0.05) is 12.6 Å². The Morgan fingerprint density at radius 3 is 2.88 bits per heavy atom. The van der Waals surface area contributed by atoms with Gasteiger partial charge in [0.1, 0.15) is 11.5 Å². The van der Waals surface area contributed by atoms with E-state index in [9.17, 15) is 4.79 Å². The Hall–Kier alpha value is -2.47. The molecular weight excluding hydrogens is 320 g/mol. The molecule has 1 aliphatic rings. The molecule has 0 saturated heterocycles. The van der Waals surface area contributed by atoms with E-state index >= 15 is 0 Å². The Morgan fingerprint density at radius 2 is 2.25 bits per heavy atom. The molecule has 3 heterocycles. The summed E-state index contributed by atoms with van der Waals surface area (Å²) in [4.78, 5) is 26.1. The van der Waals surface area contributed by atoms with E-state index in [1.807, 2.05) is 34.5 Å². The third kappa shape index (κ3) is 2.73. The molecule has 0 atom stereocenters. The van der Waals surface area contributed by atoms with Gasteiger partial charge in [0.15, 0.2) is 5.84 Å². The standard InChI is InChI=1S/C18H20N4OS/c1-5-21(12(2)3)17(19-4)14-7-6-8-15(20-14)22-11-13-9-10-24-16(13)18(22)23/h5-10,12H,1,11H2,2-4H3. The minimum Gasteiger partial charge on any atom is -0.330 e. The zero-order valence-corrected chi connectivity index (χ0v) is 14.9. The second-order valence-corrected chi connectivity index (χ2v) is 6.69. The second kappa shape index (κ2) is 6.57. The van der Waals surface area contributed by atoms with Crippen molar-refractivity contribution in [2.75, 3.05) is 11.9 Å². The van der Waals surface area contributed by atoms with Crippen LogP contribution in [-0.2, 0) is 6.54 Å². The van der Waals surface area contributed by atoms with Gasteiger partial charge >= 0.3 is 0 Å². The fourth-order valence-corrected chi connectivity index (χ4v) is 3.66. The minimum atomic E-state index is 0.0177. The molecule has 5 nitrogen and oxygen atoms in total. The number of thiophene rings is 1. The number of nitrogens with zero attached hydrogens (tertiary/aromatic N) is 4. The van der Waals surface area contributed by atoms with E-state index in [4.69, 9.17) is 0 Å². The van der Waals surface area contributed by atoms with E-state index in [1.54, 1.807) is 18.1 Å². The van der Waals surface area contributed by atoms with Gasteiger partial charge < -0.3 is 4.90 Å². The van der Waals surface area contributed by atoms with Crippen molar-refractivity contribution in [2.24, 2.45) is 4.99 Å². The first-order valence-corrected chi connectivity index (χ1v) is 8.68. The minimum absolute atomic E-state index is 0.0177. The van der Waals surface area contributed by atoms with E-state index < -0.39 is 0 Å². The molecule has 0 fully saturated rings. The van der Waals surface area contributed by atoms with Crippen molar-refractivity contribution in [3.05, 3.63) is 58.6 Å². The quantitative estimate of drug-likeness (QED) is 0.632. The number of hydrogen-bond donors (Lipinski definition) is 0. The summed E-state index contributed by atoms with van der Waals surface area (Å²) < 4.78 is 0. The molecule has 2 aromatic rings. The van der Waals surface area contributed by atoms with Crippen molar-refractivity contribution in [1.29, 1.82) is 0 Å². The Kier molecular flexibility index (Phi) is 4.49. The summed E-state index contributed by atoms with van der Waals surface area (Å²) in [5.41, 5.74) is 1.79. The molecule has 0 unspecified atom stereocenters. The third-order valence-corrected chi connectivity index (χ3v) is 4.91. The fourth-order valence-electron chi connectivity index (χ4n) is 2.80. The van der Waals surface area contributed by atoms with Crippen molar-refractivity contribution < 1.29 is 4.79 Å². The molecule has 1 aliphatic heterocycles. The predicted octanol–water partition coefficient (Wildman–Crippen LogP) is 3.53. The highest BCUT2D eigenvalue weighted by Crippen LogP contribution is 2.30. The lowest BCUT2D eigenvalue weighted by molar-refractivity contribution is 0.0999. The molecule has 0 radical (unpaired) electrons. The molecule has 0 aromatic carbocycles. The number of amidine groups is 1. The summed E-state index contributed by atoms with van der Waals surface area (Å²) in [6.45, 7) is 8.57. The second-order valence-electron chi connectivity index (χ2n) is 5.78. The number of pyridine rings is 1. The zero-order chi connectivity index (χ0) is 17.3. The normalized spacial score (nSPS) is 14.2. The lowest BCUT2D eigenvalue weighted by Crippen LogP contribution is -2.33. The number of fused-ring (bicyclic) bond motifs is 1. The van der Waals surface area contributed by atoms with Gasteiger partial charge in [-0.2, -0.15) is 0 Å². The van der Waals surface area contributed by atoms with Gasteiger partial charge in [0.05, 0.1) is 11.4 Å². The van der Waals surface area contributed by atoms with Gasteiger partial charge in [0.25, 0.3) is 5.91 Å². The van der Waals surface area contributed by atoms with Crippen LogP contribution in [0.2, 0.25) is 0 Å². The SMILES string of the molecule is C=CN(C(=NC)c1cccc(N2Cc3ccsc3C2=O)n1)C(C)C. The first-order valence-electron chi connectivity index (χ1n) is 7.80. The van der Waals surface area contributed by atoms with E-state index in [0.29, 0.717) is 12.4 Å². The van der Waals surface area contributed by atoms with Crippen LogP contribution in [0.25, 0.3) is 0 Å². The molecule has 0 saturated carbocycles. The molecule has 0 bridgehead atoms. The average molecular weight is 340 g/mol. The maximum atomic E-state index is 12.5. The molecule has 124 valence electrons. The largest absolute Gasteiger partial charge is 0.330 e. The van der Waals surface area contributed by atoms with Gasteiger partial charge in [-0.05, 0) is 49.2 Å². The topological polar surface area (TPSA) is 48.8 Å². The Morgan fingerprint density at radius 1 is 1.46 bits per heavy atom. The molecule has 6 heteroatoms. The lowest BCUT2D eigenvalue weighted by atomic mass is 10.2. The highest BCUT2D eigenvalue weighted by Gasteiger charge is 2.30. The molecule has 3 rings (SSSR count). The summed E-state index contributed by atoms with van der Waals surface area (Å²) in [5.74, 6) is 1.40. The molecule has 0 aliphatic carbocycles. The van der Waals surface area contributed by atoms with Crippen LogP contribution in [0.5, 0.6) is 0 Å². The molecular formula is C18H20N4OS. The summed E-state index contributed by atoms with van der Waals surface area (Å²) >= 11 is 1.48. The summed E-state index contributed by atoms with van der Waals surface area (Å²) in [7, 11) is 1.74. The number of amides is 1. The maximum Gasteiger partial charge on any atom is 0.270 e. The zero-order valence-electron chi connectivity index (χ0n) is 14.1. The summed E-state index contributed by atoms with van der Waals surface area (Å²) in [5, 5.41) is 1.95. The molecule has 0 spiro atoms. The monoisotopic (exact) mass is 340 g/mol. The van der Waals surface area contributed by atoms with Crippen molar-refractivity contribution in [3.63, 3.8) is 0 Å². The number of hydrogen-bond acceptors (Lipinski definition) is 4. The van der Waals surface area contributed by atoms with E-state index in [1.165, 1.54) is 11.3 Å². The van der Waals surface area contributed by atoms with Crippen LogP contribution in [0.1, 0.15) is 34.8 Å². The van der Waals surface area contributed by atoms with Crippen LogP contribution in [0.4, 0.5) is 5.82 Å². The van der Waals surface area contributed by atoms with Gasteiger partial charge in [-0.15, -0.1) is 11.3 Å². The number of aliphatic imine (C=N–C) groups is 1. The number of anilines is 1.